The van der Waals surface area contributed by atoms with Gasteiger partial charge in [0.25, 0.3) is 5.91 Å². The highest BCUT2D eigenvalue weighted by molar-refractivity contribution is 7.10. The number of halogens is 3. The summed E-state index contributed by atoms with van der Waals surface area (Å²) in [6.45, 7) is 0. The van der Waals surface area contributed by atoms with Gasteiger partial charge in [0.15, 0.2) is 0 Å². The maximum absolute atomic E-state index is 12.3. The van der Waals surface area contributed by atoms with Gasteiger partial charge >= 0.3 is 11.2 Å². The molecular formula is C20H12F3N3O3S. The third-order valence-corrected chi connectivity index (χ3v) is 4.87. The van der Waals surface area contributed by atoms with Crippen LogP contribution in [0.3, 0.4) is 0 Å². The van der Waals surface area contributed by atoms with Gasteiger partial charge in [0.2, 0.25) is 0 Å². The number of rotatable bonds is 4. The molecule has 10 heteroatoms. The van der Waals surface area contributed by atoms with Crippen molar-refractivity contribution in [3.05, 3.63) is 79.2 Å². The molecule has 152 valence electrons. The first kappa shape index (κ1) is 19.6. The Hall–Kier alpha value is -3.66. The average Bonchev–Trinajstić information content (AvgIpc) is 3.01. The number of H-pyrrole nitrogens is 1. The quantitative estimate of drug-likeness (QED) is 0.622. The summed E-state index contributed by atoms with van der Waals surface area (Å²) in [6.07, 6.45) is -1.56. The Balaban J connectivity index is 1.62. The van der Waals surface area contributed by atoms with Gasteiger partial charge in [-0.05, 0) is 42.5 Å². The van der Waals surface area contributed by atoms with Crippen LogP contribution in [-0.2, 0) is 4.79 Å². The van der Waals surface area contributed by atoms with E-state index < -0.39 is 12.3 Å². The summed E-state index contributed by atoms with van der Waals surface area (Å²) in [6, 6.07) is 12.2. The van der Waals surface area contributed by atoms with E-state index in [0.29, 0.717) is 27.3 Å². The third kappa shape index (κ3) is 4.49. The van der Waals surface area contributed by atoms with Crippen LogP contribution in [0, 0.1) is 0 Å². The SMILES string of the molecule is O=C1N=c2ccccc2=C/C1=C/c1sc(=O)[nH]c1Nc1ccc(OC(F)(F)F)cc1. The molecule has 0 aliphatic carbocycles. The predicted octanol–water partition coefficient (Wildman–Crippen LogP) is 3.10. The number of fused-ring (bicyclic) bond motifs is 1. The van der Waals surface area contributed by atoms with Crippen LogP contribution in [0.2, 0.25) is 0 Å². The van der Waals surface area contributed by atoms with Crippen LogP contribution >= 0.6 is 11.3 Å². The van der Waals surface area contributed by atoms with Crippen molar-refractivity contribution in [1.82, 2.24) is 4.98 Å². The Kier molecular flexibility index (Phi) is 5.00. The minimum Gasteiger partial charge on any atom is -0.406 e. The van der Waals surface area contributed by atoms with Crippen LogP contribution in [0.1, 0.15) is 4.88 Å². The van der Waals surface area contributed by atoms with Gasteiger partial charge in [0, 0.05) is 16.5 Å². The van der Waals surface area contributed by atoms with Crippen molar-refractivity contribution in [3.63, 3.8) is 0 Å². The van der Waals surface area contributed by atoms with E-state index in [1.807, 2.05) is 12.1 Å². The van der Waals surface area contributed by atoms with E-state index in [-0.39, 0.29) is 10.6 Å². The Morgan fingerprint density at radius 3 is 2.53 bits per heavy atom. The highest BCUT2D eigenvalue weighted by atomic mass is 32.1. The van der Waals surface area contributed by atoms with E-state index in [9.17, 15) is 22.8 Å². The van der Waals surface area contributed by atoms with Crippen molar-refractivity contribution in [2.75, 3.05) is 5.32 Å². The van der Waals surface area contributed by atoms with Crippen molar-refractivity contribution in [2.24, 2.45) is 4.99 Å². The van der Waals surface area contributed by atoms with Crippen LogP contribution in [0.4, 0.5) is 24.7 Å². The number of hydrogen-bond acceptors (Lipinski definition) is 5. The van der Waals surface area contributed by atoms with Crippen LogP contribution < -0.4 is 25.5 Å². The summed E-state index contributed by atoms with van der Waals surface area (Å²) in [7, 11) is 0. The minimum atomic E-state index is -4.78. The molecule has 0 spiro atoms. The van der Waals surface area contributed by atoms with Crippen LogP contribution in [0.25, 0.3) is 12.2 Å². The number of aromatic nitrogens is 1. The monoisotopic (exact) mass is 431 g/mol. The second-order valence-electron chi connectivity index (χ2n) is 6.17. The molecule has 0 saturated heterocycles. The molecule has 1 aliphatic rings. The van der Waals surface area contributed by atoms with E-state index in [0.717, 1.165) is 28.7 Å². The van der Waals surface area contributed by atoms with E-state index in [1.165, 1.54) is 18.2 Å². The number of hydrogen-bond donors (Lipinski definition) is 2. The molecule has 1 amide bonds. The lowest BCUT2D eigenvalue weighted by molar-refractivity contribution is -0.274. The van der Waals surface area contributed by atoms with Gasteiger partial charge in [0.05, 0.1) is 10.2 Å². The summed E-state index contributed by atoms with van der Waals surface area (Å²) in [5.74, 6) is -0.493. The molecule has 0 unspecified atom stereocenters. The largest absolute Gasteiger partial charge is 0.573 e. The number of carbonyl (C=O) groups excluding carboxylic acids is 1. The molecular weight excluding hydrogens is 419 g/mol. The molecule has 2 aromatic carbocycles. The van der Waals surface area contributed by atoms with Crippen molar-refractivity contribution in [2.45, 2.75) is 6.36 Å². The molecule has 3 aromatic rings. The predicted molar refractivity (Wildman–Crippen MR) is 106 cm³/mol. The number of nitrogens with zero attached hydrogens (tertiary/aromatic N) is 1. The highest BCUT2D eigenvalue weighted by Gasteiger charge is 2.30. The van der Waals surface area contributed by atoms with Crippen molar-refractivity contribution >= 4 is 40.9 Å². The summed E-state index contributed by atoms with van der Waals surface area (Å²) < 4.78 is 40.6. The topological polar surface area (TPSA) is 83.5 Å². The molecule has 0 radical (unpaired) electrons. The smallest absolute Gasteiger partial charge is 0.406 e. The molecule has 4 rings (SSSR count). The fourth-order valence-electron chi connectivity index (χ4n) is 2.78. The van der Waals surface area contributed by atoms with E-state index in [2.05, 4.69) is 20.0 Å². The van der Waals surface area contributed by atoms with Gasteiger partial charge in [-0.2, -0.15) is 0 Å². The molecule has 0 saturated carbocycles. The van der Waals surface area contributed by atoms with E-state index in [4.69, 9.17) is 0 Å². The maximum atomic E-state index is 12.3. The third-order valence-electron chi connectivity index (χ3n) is 4.04. The lowest BCUT2D eigenvalue weighted by atomic mass is 10.1. The first-order chi connectivity index (χ1) is 14.3. The zero-order valence-corrected chi connectivity index (χ0v) is 15.8. The van der Waals surface area contributed by atoms with Gasteiger partial charge in [-0.25, -0.2) is 4.99 Å². The van der Waals surface area contributed by atoms with Gasteiger partial charge in [-0.1, -0.05) is 29.5 Å². The minimum absolute atomic E-state index is 0.306. The first-order valence-corrected chi connectivity index (χ1v) is 9.36. The van der Waals surface area contributed by atoms with Crippen molar-refractivity contribution in [1.29, 1.82) is 0 Å². The van der Waals surface area contributed by atoms with Crippen LogP contribution in [0.5, 0.6) is 5.75 Å². The molecule has 0 bridgehead atoms. The standard InChI is InChI=1S/C20H12F3N3O3S/c21-20(22,23)29-14-7-5-13(6-8-14)24-17-16(30-19(28)26-17)10-12-9-11-3-1-2-4-15(11)25-18(12)27/h1-10,24H,(H,26,28)/b12-10-. The number of carbonyl (C=O) groups is 1. The number of amides is 1. The molecule has 6 nitrogen and oxygen atoms in total. The van der Waals surface area contributed by atoms with E-state index in [1.54, 1.807) is 18.2 Å². The summed E-state index contributed by atoms with van der Waals surface area (Å²) in [5.41, 5.74) is 0.730. The molecule has 30 heavy (non-hydrogen) atoms. The fourth-order valence-corrected chi connectivity index (χ4v) is 3.52. The number of anilines is 2. The Morgan fingerprint density at radius 2 is 1.80 bits per heavy atom. The second kappa shape index (κ2) is 7.64. The first-order valence-electron chi connectivity index (χ1n) is 8.54. The average molecular weight is 431 g/mol. The maximum Gasteiger partial charge on any atom is 0.573 e. The summed E-state index contributed by atoms with van der Waals surface area (Å²) in [4.78, 5) is 30.9. The van der Waals surface area contributed by atoms with Gasteiger partial charge in [-0.15, -0.1) is 13.2 Å². The molecule has 2 N–H and O–H groups in total. The Morgan fingerprint density at radius 1 is 1.07 bits per heavy atom. The van der Waals surface area contributed by atoms with Gasteiger partial charge in [0.1, 0.15) is 11.6 Å². The Labute approximate surface area is 170 Å². The molecule has 2 heterocycles. The second-order valence-corrected chi connectivity index (χ2v) is 7.19. The lowest BCUT2D eigenvalue weighted by Gasteiger charge is -2.10. The number of nitrogens with one attached hydrogen (secondary N) is 2. The molecule has 1 aromatic heterocycles. The number of thiazole rings is 1. The van der Waals surface area contributed by atoms with Crippen LogP contribution in [0.15, 0.2) is 63.9 Å². The zero-order chi connectivity index (χ0) is 21.3. The number of alkyl halides is 3. The Bertz CT molecular complexity index is 1320. The zero-order valence-electron chi connectivity index (χ0n) is 15.0. The molecule has 0 fully saturated rings. The number of benzene rings is 2. The lowest BCUT2D eigenvalue weighted by Crippen LogP contribution is -2.29. The number of ether oxygens (including phenoxy) is 1. The van der Waals surface area contributed by atoms with E-state index >= 15 is 0 Å². The van der Waals surface area contributed by atoms with Gasteiger partial charge in [-0.3, -0.25) is 14.6 Å². The highest BCUT2D eigenvalue weighted by Crippen LogP contribution is 2.27. The number of para-hydroxylation sites is 1. The van der Waals surface area contributed by atoms with Crippen molar-refractivity contribution in [3.8, 4) is 5.75 Å². The number of aromatic amines is 1. The fraction of sp³-hybridized carbons (Fsp3) is 0.0500. The summed E-state index contributed by atoms with van der Waals surface area (Å²) in [5, 5.41) is 4.27. The normalized spacial score (nSPS) is 14.6. The molecule has 0 atom stereocenters. The van der Waals surface area contributed by atoms with Crippen LogP contribution in [-0.4, -0.2) is 17.3 Å². The van der Waals surface area contributed by atoms with Gasteiger partial charge < -0.3 is 10.1 Å². The van der Waals surface area contributed by atoms with Crippen molar-refractivity contribution < 1.29 is 22.7 Å². The molecule has 1 aliphatic heterocycles. The summed E-state index contributed by atoms with van der Waals surface area (Å²) >= 11 is 0.884.